The van der Waals surface area contributed by atoms with Crippen LogP contribution in [-0.4, -0.2) is 62.1 Å². The van der Waals surface area contributed by atoms with Gasteiger partial charge in [-0.1, -0.05) is 17.7 Å². The normalized spacial score (nSPS) is 12.0. The third-order valence-corrected chi connectivity index (χ3v) is 6.33. The lowest BCUT2D eigenvalue weighted by molar-refractivity contribution is -0.138. The average molecular weight is 519 g/mol. The van der Waals surface area contributed by atoms with Crippen LogP contribution in [-0.2, 0) is 19.7 Å². The topological polar surface area (TPSA) is 211 Å². The first-order valence-corrected chi connectivity index (χ1v) is 12.1. The van der Waals surface area contributed by atoms with E-state index in [2.05, 4.69) is 20.2 Å². The summed E-state index contributed by atoms with van der Waals surface area (Å²) in [6, 6.07) is 11.0. The fourth-order valence-corrected chi connectivity index (χ4v) is 4.27. The Morgan fingerprint density at radius 2 is 1.83 bits per heavy atom. The number of carbonyl (C=O) groups is 2. The molecule has 1 unspecified atom stereocenters. The molecule has 0 bridgehead atoms. The number of ether oxygens (including phenoxy) is 1. The van der Waals surface area contributed by atoms with Gasteiger partial charge in [-0.05, 0) is 48.5 Å². The number of aromatic nitrogens is 1. The zero-order valence-electron chi connectivity index (χ0n) is 19.2. The number of sulfonamides is 1. The van der Waals surface area contributed by atoms with E-state index in [-0.39, 0.29) is 29.8 Å². The van der Waals surface area contributed by atoms with Gasteiger partial charge in [-0.3, -0.25) is 9.59 Å². The highest BCUT2D eigenvalue weighted by Gasteiger charge is 2.26. The largest absolute Gasteiger partial charge is 0.490 e. The summed E-state index contributed by atoms with van der Waals surface area (Å²) in [6.45, 7) is 1.62. The van der Waals surface area contributed by atoms with Crippen LogP contribution in [0.1, 0.15) is 16.1 Å². The minimum absolute atomic E-state index is 0.0814. The molecule has 192 valence electrons. The van der Waals surface area contributed by atoms with Crippen molar-refractivity contribution in [2.45, 2.75) is 17.9 Å². The van der Waals surface area contributed by atoms with Crippen LogP contribution >= 0.6 is 0 Å². The Labute approximate surface area is 206 Å². The van der Waals surface area contributed by atoms with E-state index in [4.69, 9.17) is 21.0 Å². The van der Waals surface area contributed by atoms with E-state index < -0.39 is 34.5 Å². The standard InChI is InChI=1S/C22H26N6O7S/c1-13-2-5-16(6-3-13)36(32,33)28-19(21(30)31)12-25-20(29)18-11-14-10-15(4-7-17(14)26-18)34-8-9-35-27-22(23)24/h2-7,10-11,19,26,28H,8-9,12H2,1H3,(H,25,29)(H,30,31)(H4,23,24,27). The molecule has 0 aliphatic rings. The van der Waals surface area contributed by atoms with Crippen molar-refractivity contribution in [1.29, 1.82) is 0 Å². The number of carbonyl (C=O) groups excluding carboxylic acids is 1. The number of H-pyrrole nitrogens is 1. The Kier molecular flexibility index (Phi) is 8.34. The van der Waals surface area contributed by atoms with E-state index in [0.29, 0.717) is 16.7 Å². The number of carboxylic acid groups (broad SMARTS) is 1. The molecule has 13 nitrogen and oxygen atoms in total. The van der Waals surface area contributed by atoms with Gasteiger partial charge in [-0.15, -0.1) is 0 Å². The van der Waals surface area contributed by atoms with Crippen molar-refractivity contribution < 1.29 is 32.7 Å². The zero-order valence-corrected chi connectivity index (χ0v) is 20.0. The molecule has 0 saturated heterocycles. The van der Waals surface area contributed by atoms with Crippen LogP contribution in [0, 0.1) is 6.92 Å². The average Bonchev–Trinajstić information content (AvgIpc) is 3.25. The van der Waals surface area contributed by atoms with Crippen LogP contribution in [0.5, 0.6) is 5.75 Å². The molecule has 0 fully saturated rings. The number of nitrogens with one attached hydrogen (secondary N) is 3. The fraction of sp³-hybridized carbons (Fsp3) is 0.227. The summed E-state index contributed by atoms with van der Waals surface area (Å²) in [7, 11) is -4.11. The second-order valence-electron chi connectivity index (χ2n) is 7.67. The number of guanidine groups is 1. The number of benzene rings is 2. The van der Waals surface area contributed by atoms with Gasteiger partial charge in [0.1, 0.15) is 24.1 Å². The van der Waals surface area contributed by atoms with Gasteiger partial charge in [-0.25, -0.2) is 8.42 Å². The number of aryl methyl sites for hydroxylation is 1. The number of hydrogen-bond donors (Lipinski definition) is 6. The number of hydrogen-bond acceptors (Lipinski definition) is 7. The smallest absolute Gasteiger partial charge is 0.323 e. The molecule has 14 heteroatoms. The Bertz CT molecular complexity index is 1370. The number of oxime groups is 1. The molecule has 0 aliphatic heterocycles. The maximum Gasteiger partial charge on any atom is 0.323 e. The highest BCUT2D eigenvalue weighted by Crippen LogP contribution is 2.22. The Balaban J connectivity index is 1.61. The predicted molar refractivity (Wildman–Crippen MR) is 131 cm³/mol. The maximum absolute atomic E-state index is 12.6. The molecule has 1 aromatic heterocycles. The third-order valence-electron chi connectivity index (χ3n) is 4.84. The highest BCUT2D eigenvalue weighted by molar-refractivity contribution is 7.89. The van der Waals surface area contributed by atoms with Crippen LogP contribution in [0.15, 0.2) is 58.6 Å². The molecule has 8 N–H and O–H groups in total. The summed E-state index contributed by atoms with van der Waals surface area (Å²) in [5, 5.41) is 15.9. The first-order chi connectivity index (χ1) is 17.0. The summed E-state index contributed by atoms with van der Waals surface area (Å²) in [6.07, 6.45) is 0. The SMILES string of the molecule is Cc1ccc(S(=O)(=O)NC(CNC(=O)c2cc3cc(OCCON=C(N)N)ccc3[nH]2)C(=O)O)cc1. The lowest BCUT2D eigenvalue weighted by Gasteiger charge is -2.15. The van der Waals surface area contributed by atoms with Crippen LogP contribution in [0.4, 0.5) is 0 Å². The lowest BCUT2D eigenvalue weighted by atomic mass is 10.2. The summed E-state index contributed by atoms with van der Waals surface area (Å²) >= 11 is 0. The number of carboxylic acids is 1. The van der Waals surface area contributed by atoms with E-state index in [0.717, 1.165) is 5.56 Å². The van der Waals surface area contributed by atoms with Crippen LogP contribution in [0.2, 0.25) is 0 Å². The molecule has 1 amide bonds. The molecule has 0 radical (unpaired) electrons. The van der Waals surface area contributed by atoms with E-state index in [1.54, 1.807) is 43.3 Å². The second kappa shape index (κ2) is 11.4. The summed E-state index contributed by atoms with van der Waals surface area (Å²) in [5.41, 5.74) is 11.9. The minimum Gasteiger partial charge on any atom is -0.490 e. The summed E-state index contributed by atoms with van der Waals surface area (Å²) in [4.78, 5) is 31.9. The van der Waals surface area contributed by atoms with Crippen molar-refractivity contribution in [3.63, 3.8) is 0 Å². The van der Waals surface area contributed by atoms with Crippen LogP contribution in [0.25, 0.3) is 10.9 Å². The molecule has 3 rings (SSSR count). The van der Waals surface area contributed by atoms with Crippen molar-refractivity contribution >= 4 is 38.8 Å². The van der Waals surface area contributed by atoms with Gasteiger partial charge in [-0.2, -0.15) is 4.72 Å². The quantitative estimate of drug-likeness (QED) is 0.0836. The van der Waals surface area contributed by atoms with E-state index in [9.17, 15) is 23.1 Å². The zero-order chi connectivity index (χ0) is 26.3. The molecule has 36 heavy (non-hydrogen) atoms. The predicted octanol–water partition coefficient (Wildman–Crippen LogP) is 0.222. The van der Waals surface area contributed by atoms with Gasteiger partial charge in [0, 0.05) is 17.4 Å². The van der Waals surface area contributed by atoms with Crippen molar-refractivity contribution in [2.24, 2.45) is 16.6 Å². The van der Waals surface area contributed by atoms with Crippen LogP contribution in [0.3, 0.4) is 0 Å². The fourth-order valence-electron chi connectivity index (χ4n) is 3.08. The summed E-state index contributed by atoms with van der Waals surface area (Å²) in [5.74, 6) is -1.74. The number of fused-ring (bicyclic) bond motifs is 1. The van der Waals surface area contributed by atoms with Crippen molar-refractivity contribution in [3.05, 3.63) is 59.8 Å². The lowest BCUT2D eigenvalue weighted by Crippen LogP contribution is -2.48. The highest BCUT2D eigenvalue weighted by atomic mass is 32.2. The number of nitrogens with two attached hydrogens (primary N) is 2. The Morgan fingerprint density at radius 1 is 1.11 bits per heavy atom. The number of nitrogens with zero attached hydrogens (tertiary/aromatic N) is 1. The molecule has 0 saturated carbocycles. The second-order valence-corrected chi connectivity index (χ2v) is 9.38. The molecular weight excluding hydrogens is 492 g/mol. The van der Waals surface area contributed by atoms with Crippen LogP contribution < -0.4 is 26.2 Å². The van der Waals surface area contributed by atoms with E-state index in [1.807, 2.05) is 0 Å². The first-order valence-electron chi connectivity index (χ1n) is 10.6. The minimum atomic E-state index is -4.11. The molecular formula is C22H26N6O7S. The number of amides is 1. The van der Waals surface area contributed by atoms with Gasteiger partial charge in [0.2, 0.25) is 16.0 Å². The molecule has 0 aliphatic carbocycles. The van der Waals surface area contributed by atoms with E-state index >= 15 is 0 Å². The molecule has 3 aromatic rings. The van der Waals surface area contributed by atoms with Gasteiger partial charge in [0.15, 0.2) is 6.61 Å². The van der Waals surface area contributed by atoms with E-state index in [1.165, 1.54) is 12.1 Å². The van der Waals surface area contributed by atoms with Crippen molar-refractivity contribution in [2.75, 3.05) is 19.8 Å². The van der Waals surface area contributed by atoms with Gasteiger partial charge >= 0.3 is 5.97 Å². The maximum atomic E-state index is 12.6. The van der Waals surface area contributed by atoms with Gasteiger partial charge < -0.3 is 36.4 Å². The monoisotopic (exact) mass is 518 g/mol. The number of aliphatic carboxylic acids is 1. The van der Waals surface area contributed by atoms with Crippen molar-refractivity contribution in [1.82, 2.24) is 15.0 Å². The first kappa shape index (κ1) is 26.3. The third kappa shape index (κ3) is 7.10. The molecule has 1 heterocycles. The number of rotatable bonds is 12. The van der Waals surface area contributed by atoms with Gasteiger partial charge in [0.05, 0.1) is 4.90 Å². The summed E-state index contributed by atoms with van der Waals surface area (Å²) < 4.78 is 32.7. The molecule has 0 spiro atoms. The Morgan fingerprint density at radius 3 is 2.50 bits per heavy atom. The Hall–Kier alpha value is -4.30. The van der Waals surface area contributed by atoms with Crippen molar-refractivity contribution in [3.8, 4) is 5.75 Å². The molecule has 1 atom stereocenters. The molecule has 2 aromatic carbocycles. The van der Waals surface area contributed by atoms with Gasteiger partial charge in [0.25, 0.3) is 5.91 Å². The number of aromatic amines is 1.